The number of halogens is 2. The van der Waals surface area contributed by atoms with E-state index in [1.54, 1.807) is 42.5 Å². The van der Waals surface area contributed by atoms with Crippen molar-refractivity contribution in [1.82, 2.24) is 4.90 Å². The highest BCUT2D eigenvalue weighted by Gasteiger charge is 2.33. The fraction of sp³-hybridized carbons (Fsp3) is 0.0556. The summed E-state index contributed by atoms with van der Waals surface area (Å²) in [7, 11) is 0. The maximum atomic E-state index is 13.0. The Bertz CT molecular complexity index is 898. The zero-order valence-corrected chi connectivity index (χ0v) is 15.6. The molecular weight excluding hydrogens is 395 g/mol. The second-order valence-electron chi connectivity index (χ2n) is 5.37. The molecule has 1 saturated heterocycles. The molecule has 1 heterocycles. The molecule has 0 bridgehead atoms. The van der Waals surface area contributed by atoms with Crippen LogP contribution in [0.25, 0.3) is 6.08 Å². The van der Waals surface area contributed by atoms with Gasteiger partial charge in [0.15, 0.2) is 0 Å². The number of carbonyl (C=O) groups is 2. The summed E-state index contributed by atoms with van der Waals surface area (Å²) in [5.74, 6) is -1.07. The Kier molecular flexibility index (Phi) is 5.70. The molecule has 3 rings (SSSR count). The van der Waals surface area contributed by atoms with Gasteiger partial charge in [0.05, 0.1) is 4.91 Å². The summed E-state index contributed by atoms with van der Waals surface area (Å²) in [6.45, 7) is -0.186. The van der Waals surface area contributed by atoms with Gasteiger partial charge < -0.3 is 5.32 Å². The van der Waals surface area contributed by atoms with E-state index < -0.39 is 0 Å². The SMILES string of the molecule is O=C(CN1C(=O)/C(=C/c2ccc(F)cc2)SC1=S)Nc1ccc(Cl)cc1. The smallest absolute Gasteiger partial charge is 0.266 e. The van der Waals surface area contributed by atoms with Crippen molar-refractivity contribution in [3.05, 3.63) is 69.8 Å². The molecule has 0 atom stereocenters. The molecule has 1 fully saturated rings. The second kappa shape index (κ2) is 7.99. The molecule has 8 heteroatoms. The number of carbonyl (C=O) groups excluding carboxylic acids is 2. The fourth-order valence-electron chi connectivity index (χ4n) is 2.22. The maximum absolute atomic E-state index is 13.0. The summed E-state index contributed by atoms with van der Waals surface area (Å²) in [6, 6.07) is 12.4. The van der Waals surface area contributed by atoms with Gasteiger partial charge in [0.25, 0.3) is 5.91 Å². The third-order valence-corrected chi connectivity index (χ3v) is 5.10. The fourth-order valence-corrected chi connectivity index (χ4v) is 3.61. The van der Waals surface area contributed by atoms with Crippen molar-refractivity contribution < 1.29 is 14.0 Å². The third kappa shape index (κ3) is 4.49. The van der Waals surface area contributed by atoms with Crippen LogP contribution in [-0.4, -0.2) is 27.6 Å². The van der Waals surface area contributed by atoms with E-state index in [1.165, 1.54) is 17.0 Å². The average Bonchev–Trinajstić information content (AvgIpc) is 2.86. The van der Waals surface area contributed by atoms with E-state index in [-0.39, 0.29) is 24.2 Å². The number of amides is 2. The number of nitrogens with zero attached hydrogens (tertiary/aromatic N) is 1. The van der Waals surface area contributed by atoms with Crippen LogP contribution in [0, 0.1) is 5.82 Å². The number of hydrogen-bond donors (Lipinski definition) is 1. The topological polar surface area (TPSA) is 49.4 Å². The second-order valence-corrected chi connectivity index (χ2v) is 7.49. The lowest BCUT2D eigenvalue weighted by atomic mass is 10.2. The number of anilines is 1. The van der Waals surface area contributed by atoms with Gasteiger partial charge in [0.1, 0.15) is 16.7 Å². The molecule has 1 aliphatic heterocycles. The molecular formula is C18H12ClFN2O2S2. The first-order chi connectivity index (χ1) is 12.4. The van der Waals surface area contributed by atoms with Crippen LogP contribution in [0.4, 0.5) is 10.1 Å². The summed E-state index contributed by atoms with van der Waals surface area (Å²) in [5.41, 5.74) is 1.25. The molecule has 0 radical (unpaired) electrons. The van der Waals surface area contributed by atoms with E-state index in [4.69, 9.17) is 23.8 Å². The van der Waals surface area contributed by atoms with Crippen molar-refractivity contribution in [1.29, 1.82) is 0 Å². The number of rotatable bonds is 4. The first-order valence-corrected chi connectivity index (χ1v) is 9.09. The molecule has 1 N–H and O–H groups in total. The van der Waals surface area contributed by atoms with E-state index in [2.05, 4.69) is 5.32 Å². The standard InChI is InChI=1S/C18H12ClFN2O2S2/c19-12-3-7-14(8-4-12)21-16(23)10-22-17(24)15(26-18(22)25)9-11-1-5-13(20)6-2-11/h1-9H,10H2,(H,21,23)/b15-9-. The zero-order valence-electron chi connectivity index (χ0n) is 13.2. The van der Waals surface area contributed by atoms with Crippen molar-refractivity contribution in [3.63, 3.8) is 0 Å². The van der Waals surface area contributed by atoms with Crippen LogP contribution in [0.3, 0.4) is 0 Å². The minimum absolute atomic E-state index is 0.186. The highest BCUT2D eigenvalue weighted by molar-refractivity contribution is 8.26. The molecule has 4 nitrogen and oxygen atoms in total. The highest BCUT2D eigenvalue weighted by Crippen LogP contribution is 2.32. The van der Waals surface area contributed by atoms with Gasteiger partial charge >= 0.3 is 0 Å². The molecule has 0 unspecified atom stereocenters. The Balaban J connectivity index is 1.67. The van der Waals surface area contributed by atoms with Crippen LogP contribution in [0.5, 0.6) is 0 Å². The van der Waals surface area contributed by atoms with Crippen molar-refractivity contribution >= 4 is 63.5 Å². The predicted molar refractivity (Wildman–Crippen MR) is 106 cm³/mol. The van der Waals surface area contributed by atoms with Gasteiger partial charge in [-0.3, -0.25) is 14.5 Å². The number of hydrogen-bond acceptors (Lipinski definition) is 4. The maximum Gasteiger partial charge on any atom is 0.266 e. The molecule has 0 spiro atoms. The lowest BCUT2D eigenvalue weighted by Crippen LogP contribution is -2.36. The molecule has 26 heavy (non-hydrogen) atoms. The molecule has 2 amide bonds. The summed E-state index contributed by atoms with van der Waals surface area (Å²) in [4.78, 5) is 26.3. The summed E-state index contributed by atoms with van der Waals surface area (Å²) in [6.07, 6.45) is 1.62. The molecule has 0 aliphatic carbocycles. The van der Waals surface area contributed by atoms with Crippen LogP contribution in [0.2, 0.25) is 5.02 Å². The average molecular weight is 407 g/mol. The number of thioether (sulfide) groups is 1. The third-order valence-electron chi connectivity index (χ3n) is 3.47. The van der Waals surface area contributed by atoms with Gasteiger partial charge in [0.2, 0.25) is 5.91 Å². The van der Waals surface area contributed by atoms with Gasteiger partial charge in [-0.1, -0.05) is 47.7 Å². The van der Waals surface area contributed by atoms with E-state index >= 15 is 0 Å². The van der Waals surface area contributed by atoms with E-state index in [0.29, 0.717) is 25.5 Å². The number of benzene rings is 2. The predicted octanol–water partition coefficient (Wildman–Crippen LogP) is 4.32. The van der Waals surface area contributed by atoms with Crippen LogP contribution < -0.4 is 5.32 Å². The Hall–Kier alpha value is -2.22. The van der Waals surface area contributed by atoms with Gasteiger partial charge in [-0.15, -0.1) is 0 Å². The number of nitrogens with one attached hydrogen (secondary N) is 1. The molecule has 2 aromatic carbocycles. The first kappa shape index (κ1) is 18.6. The van der Waals surface area contributed by atoms with Gasteiger partial charge in [0, 0.05) is 10.7 Å². The Labute approximate surface area is 164 Å². The van der Waals surface area contributed by atoms with Gasteiger partial charge in [-0.2, -0.15) is 0 Å². The summed E-state index contributed by atoms with van der Waals surface area (Å²) >= 11 is 12.1. The molecule has 0 saturated carbocycles. The van der Waals surface area contributed by atoms with Gasteiger partial charge in [-0.05, 0) is 48.0 Å². The summed E-state index contributed by atoms with van der Waals surface area (Å²) < 4.78 is 13.3. The molecule has 2 aromatic rings. The van der Waals surface area contributed by atoms with Crippen LogP contribution >= 0.6 is 35.6 Å². The first-order valence-electron chi connectivity index (χ1n) is 7.49. The van der Waals surface area contributed by atoms with Crippen molar-refractivity contribution in [2.24, 2.45) is 0 Å². The largest absolute Gasteiger partial charge is 0.325 e. The molecule has 0 aromatic heterocycles. The number of thiocarbonyl (C=S) groups is 1. The molecule has 132 valence electrons. The Morgan fingerprint density at radius 2 is 1.85 bits per heavy atom. The van der Waals surface area contributed by atoms with E-state index in [1.807, 2.05) is 0 Å². The van der Waals surface area contributed by atoms with E-state index in [0.717, 1.165) is 11.8 Å². The van der Waals surface area contributed by atoms with E-state index in [9.17, 15) is 14.0 Å². The van der Waals surface area contributed by atoms with Gasteiger partial charge in [-0.25, -0.2) is 4.39 Å². The van der Waals surface area contributed by atoms with Crippen molar-refractivity contribution in [2.45, 2.75) is 0 Å². The zero-order chi connectivity index (χ0) is 18.7. The highest BCUT2D eigenvalue weighted by atomic mass is 35.5. The quantitative estimate of drug-likeness (QED) is 0.607. The van der Waals surface area contributed by atoms with Crippen LogP contribution in [-0.2, 0) is 9.59 Å². The Morgan fingerprint density at radius 1 is 1.19 bits per heavy atom. The van der Waals surface area contributed by atoms with Crippen LogP contribution in [0.1, 0.15) is 5.56 Å². The molecule has 1 aliphatic rings. The van der Waals surface area contributed by atoms with Crippen molar-refractivity contribution in [3.8, 4) is 0 Å². The lowest BCUT2D eigenvalue weighted by molar-refractivity contribution is -0.126. The minimum Gasteiger partial charge on any atom is -0.325 e. The summed E-state index contributed by atoms with van der Waals surface area (Å²) in [5, 5.41) is 3.25. The normalized spacial score (nSPS) is 15.6. The monoisotopic (exact) mass is 406 g/mol. The van der Waals surface area contributed by atoms with Crippen molar-refractivity contribution in [2.75, 3.05) is 11.9 Å². The van der Waals surface area contributed by atoms with Crippen LogP contribution in [0.15, 0.2) is 53.4 Å². The minimum atomic E-state index is -0.369. The Morgan fingerprint density at radius 3 is 2.50 bits per heavy atom. The lowest BCUT2D eigenvalue weighted by Gasteiger charge is -2.14.